The van der Waals surface area contributed by atoms with E-state index in [1.165, 1.54) is 0 Å². The van der Waals surface area contributed by atoms with Crippen LogP contribution in [0.2, 0.25) is 0 Å². The van der Waals surface area contributed by atoms with Crippen molar-refractivity contribution in [2.45, 2.75) is 12.6 Å². The van der Waals surface area contributed by atoms with Gasteiger partial charge in [-0.3, -0.25) is 4.57 Å². The van der Waals surface area contributed by atoms with Crippen LogP contribution >= 0.6 is 0 Å². The summed E-state index contributed by atoms with van der Waals surface area (Å²) >= 11 is 0. The van der Waals surface area contributed by atoms with Crippen molar-refractivity contribution in [3.8, 4) is 0 Å². The second kappa shape index (κ2) is 3.29. The van der Waals surface area contributed by atoms with Crippen molar-refractivity contribution in [2.75, 3.05) is 18.1 Å². The summed E-state index contributed by atoms with van der Waals surface area (Å²) in [6.07, 6.45) is 2.09. The molecule has 1 aliphatic heterocycles. The number of imidazole rings is 1. The lowest BCUT2D eigenvalue weighted by atomic mass is 10.4. The maximum absolute atomic E-state index is 5.69. The van der Waals surface area contributed by atoms with Crippen LogP contribution in [0.4, 0.5) is 11.8 Å². The first-order valence-electron chi connectivity index (χ1n) is 4.79. The lowest BCUT2D eigenvalue weighted by molar-refractivity contribution is -0.290. The molecule has 0 amide bonds. The maximum atomic E-state index is 5.69. The maximum Gasteiger partial charge on any atom is 0.224 e. The number of hydrogen-bond acceptors (Lipinski definition) is 7. The molecule has 16 heavy (non-hydrogen) atoms. The standard InChI is InChI=1S/C8H10N6O2/c9-6-5-7(13-8(10)12-6)14(3-11-5)4-1-2-15-16-4/h3-4H,1-2H2,(H4,9,10,12,13). The minimum atomic E-state index is -0.237. The van der Waals surface area contributed by atoms with Gasteiger partial charge in [0.1, 0.15) is 5.52 Å². The number of anilines is 2. The molecule has 1 unspecified atom stereocenters. The Morgan fingerprint density at radius 3 is 3.00 bits per heavy atom. The van der Waals surface area contributed by atoms with E-state index in [2.05, 4.69) is 15.0 Å². The predicted molar refractivity (Wildman–Crippen MR) is 54.8 cm³/mol. The van der Waals surface area contributed by atoms with Gasteiger partial charge in [-0.2, -0.15) is 9.97 Å². The summed E-state index contributed by atoms with van der Waals surface area (Å²) < 4.78 is 1.73. The molecule has 0 radical (unpaired) electrons. The van der Waals surface area contributed by atoms with E-state index in [0.29, 0.717) is 17.8 Å². The molecule has 2 aromatic rings. The fraction of sp³-hybridized carbons (Fsp3) is 0.375. The largest absolute Gasteiger partial charge is 0.382 e. The molecule has 0 bridgehead atoms. The van der Waals surface area contributed by atoms with E-state index in [4.69, 9.17) is 21.2 Å². The van der Waals surface area contributed by atoms with Crippen LogP contribution in [0.5, 0.6) is 0 Å². The molecule has 8 nitrogen and oxygen atoms in total. The Morgan fingerprint density at radius 1 is 1.38 bits per heavy atom. The van der Waals surface area contributed by atoms with Crippen LogP contribution in [-0.2, 0) is 9.78 Å². The zero-order chi connectivity index (χ0) is 11.1. The van der Waals surface area contributed by atoms with Crippen molar-refractivity contribution in [1.29, 1.82) is 0 Å². The van der Waals surface area contributed by atoms with E-state index in [1.807, 2.05) is 0 Å². The molecule has 1 atom stereocenters. The Kier molecular flexibility index (Phi) is 1.91. The van der Waals surface area contributed by atoms with Crippen molar-refractivity contribution in [3.63, 3.8) is 0 Å². The first-order chi connectivity index (χ1) is 7.75. The van der Waals surface area contributed by atoms with Crippen LogP contribution in [0.15, 0.2) is 6.33 Å². The number of aromatic nitrogens is 4. The predicted octanol–water partition coefficient (Wildman–Crippen LogP) is -0.159. The van der Waals surface area contributed by atoms with Gasteiger partial charge < -0.3 is 11.5 Å². The summed E-state index contributed by atoms with van der Waals surface area (Å²) in [5.41, 5.74) is 12.3. The number of nitrogens with two attached hydrogens (primary N) is 2. The fourth-order valence-electron chi connectivity index (χ4n) is 1.68. The third-order valence-electron chi connectivity index (χ3n) is 2.40. The molecule has 3 heterocycles. The van der Waals surface area contributed by atoms with Gasteiger partial charge in [-0.05, 0) is 0 Å². The van der Waals surface area contributed by atoms with Crippen LogP contribution in [-0.4, -0.2) is 26.1 Å². The highest BCUT2D eigenvalue weighted by molar-refractivity contribution is 5.82. The molecule has 3 rings (SSSR count). The van der Waals surface area contributed by atoms with Gasteiger partial charge in [-0.15, -0.1) is 0 Å². The van der Waals surface area contributed by atoms with Gasteiger partial charge in [0, 0.05) is 6.42 Å². The molecule has 8 heteroatoms. The molecule has 1 fully saturated rings. The smallest absolute Gasteiger partial charge is 0.224 e. The number of nitrogen functional groups attached to an aromatic ring is 2. The molecule has 1 saturated heterocycles. The third-order valence-corrected chi connectivity index (χ3v) is 2.40. The highest BCUT2D eigenvalue weighted by Crippen LogP contribution is 2.26. The molecule has 0 aliphatic carbocycles. The van der Waals surface area contributed by atoms with E-state index in [1.54, 1.807) is 10.9 Å². The number of fused-ring (bicyclic) bond motifs is 1. The molecule has 84 valence electrons. The Morgan fingerprint density at radius 2 is 2.25 bits per heavy atom. The highest BCUT2D eigenvalue weighted by Gasteiger charge is 2.22. The molecular formula is C8H10N6O2. The fourth-order valence-corrected chi connectivity index (χ4v) is 1.68. The van der Waals surface area contributed by atoms with Crippen LogP contribution in [0.3, 0.4) is 0 Å². The summed E-state index contributed by atoms with van der Waals surface area (Å²) in [5.74, 6) is 0.380. The third kappa shape index (κ3) is 1.27. The quantitative estimate of drug-likeness (QED) is 0.644. The SMILES string of the molecule is Nc1nc(N)c2ncn(C3CCOO3)c2n1. The monoisotopic (exact) mass is 222 g/mol. The zero-order valence-electron chi connectivity index (χ0n) is 8.33. The molecule has 4 N–H and O–H groups in total. The van der Waals surface area contributed by atoms with Gasteiger partial charge in [0.25, 0.3) is 0 Å². The van der Waals surface area contributed by atoms with E-state index >= 15 is 0 Å². The van der Waals surface area contributed by atoms with Crippen LogP contribution in [0.25, 0.3) is 11.2 Å². The Bertz CT molecular complexity index is 533. The normalized spacial score (nSPS) is 20.6. The van der Waals surface area contributed by atoms with Crippen molar-refractivity contribution in [1.82, 2.24) is 19.5 Å². The summed E-state index contributed by atoms with van der Waals surface area (Å²) in [6.45, 7) is 0.542. The first kappa shape index (κ1) is 9.31. The topological polar surface area (TPSA) is 114 Å². The molecule has 0 spiro atoms. The Hall–Kier alpha value is -1.93. The summed E-state index contributed by atoms with van der Waals surface area (Å²) in [7, 11) is 0. The minimum absolute atomic E-state index is 0.116. The Labute approximate surface area is 90.1 Å². The number of rotatable bonds is 1. The van der Waals surface area contributed by atoms with Gasteiger partial charge in [0.15, 0.2) is 17.7 Å². The lowest BCUT2D eigenvalue weighted by Crippen LogP contribution is -2.08. The van der Waals surface area contributed by atoms with Crippen molar-refractivity contribution >= 4 is 22.9 Å². The highest BCUT2D eigenvalue weighted by atomic mass is 17.2. The summed E-state index contributed by atoms with van der Waals surface area (Å²) in [5, 5.41) is 0. The average molecular weight is 222 g/mol. The molecule has 2 aromatic heterocycles. The molecule has 1 aliphatic rings. The van der Waals surface area contributed by atoms with Crippen molar-refractivity contribution < 1.29 is 9.78 Å². The van der Waals surface area contributed by atoms with Crippen LogP contribution in [0, 0.1) is 0 Å². The van der Waals surface area contributed by atoms with Gasteiger partial charge in [-0.25, -0.2) is 14.8 Å². The van der Waals surface area contributed by atoms with E-state index in [-0.39, 0.29) is 18.0 Å². The van der Waals surface area contributed by atoms with Crippen LogP contribution < -0.4 is 11.5 Å². The van der Waals surface area contributed by atoms with E-state index in [0.717, 1.165) is 6.42 Å². The van der Waals surface area contributed by atoms with Gasteiger partial charge in [0.05, 0.1) is 12.9 Å². The minimum Gasteiger partial charge on any atom is -0.382 e. The second-order valence-corrected chi connectivity index (χ2v) is 3.45. The van der Waals surface area contributed by atoms with Gasteiger partial charge >= 0.3 is 0 Å². The lowest BCUT2D eigenvalue weighted by Gasteiger charge is -2.08. The van der Waals surface area contributed by atoms with Gasteiger partial charge in [-0.1, -0.05) is 0 Å². The van der Waals surface area contributed by atoms with E-state index in [9.17, 15) is 0 Å². The second-order valence-electron chi connectivity index (χ2n) is 3.45. The van der Waals surface area contributed by atoms with Gasteiger partial charge in [0.2, 0.25) is 5.95 Å². The number of hydrogen-bond donors (Lipinski definition) is 2. The number of nitrogens with zero attached hydrogens (tertiary/aromatic N) is 4. The molecular weight excluding hydrogens is 212 g/mol. The van der Waals surface area contributed by atoms with Crippen molar-refractivity contribution in [2.24, 2.45) is 0 Å². The van der Waals surface area contributed by atoms with E-state index < -0.39 is 0 Å². The van der Waals surface area contributed by atoms with Crippen molar-refractivity contribution in [3.05, 3.63) is 6.33 Å². The first-order valence-corrected chi connectivity index (χ1v) is 4.79. The molecule has 0 aromatic carbocycles. The van der Waals surface area contributed by atoms with Crippen LogP contribution in [0.1, 0.15) is 12.6 Å². The zero-order valence-corrected chi connectivity index (χ0v) is 8.33. The summed E-state index contributed by atoms with van der Waals surface area (Å²) in [4.78, 5) is 22.0. The Balaban J connectivity index is 2.18. The molecule has 0 saturated carbocycles. The summed E-state index contributed by atoms with van der Waals surface area (Å²) in [6, 6.07) is 0. The average Bonchev–Trinajstić information content (AvgIpc) is 2.83.